The van der Waals surface area contributed by atoms with Gasteiger partial charge in [0, 0.05) is 30.6 Å². The van der Waals surface area contributed by atoms with Crippen molar-refractivity contribution in [1.29, 1.82) is 0 Å². The van der Waals surface area contributed by atoms with Crippen molar-refractivity contribution < 1.29 is 25.0 Å². The molecule has 0 fully saturated rings. The first-order chi connectivity index (χ1) is 15.9. The van der Waals surface area contributed by atoms with Crippen LogP contribution < -0.4 is 0 Å². The van der Waals surface area contributed by atoms with Crippen LogP contribution in [0.2, 0.25) is 0 Å². The quantitative estimate of drug-likeness (QED) is 0.241. The lowest BCUT2D eigenvalue weighted by Crippen LogP contribution is -2.34. The molecule has 0 aromatic heterocycles. The largest absolute Gasteiger partial charge is 0.506 e. The standard InChI is InChI=1S/C23H24N4O6/c1-2-3-10-26(11-12-28)23(31)18-13-15-6-4-5-7-17(15)21(22(18)30)25-24-19-14-16(27(32)33)8-9-20(19)29/h4-9,13-14,28-30H,2-3,10-12H2,1H3. The van der Waals surface area contributed by atoms with E-state index in [9.17, 15) is 30.2 Å². The summed E-state index contributed by atoms with van der Waals surface area (Å²) >= 11 is 0. The topological polar surface area (TPSA) is 149 Å². The Morgan fingerprint density at radius 3 is 2.55 bits per heavy atom. The summed E-state index contributed by atoms with van der Waals surface area (Å²) in [6.45, 7) is 2.30. The molecule has 1 amide bonds. The number of hydrogen-bond donors (Lipinski definition) is 3. The number of fused-ring (bicyclic) bond motifs is 1. The predicted octanol–water partition coefficient (Wildman–Crippen LogP) is 4.81. The molecule has 0 aliphatic heterocycles. The van der Waals surface area contributed by atoms with Crippen LogP contribution in [0.25, 0.3) is 10.8 Å². The van der Waals surface area contributed by atoms with Crippen molar-refractivity contribution >= 4 is 33.7 Å². The highest BCUT2D eigenvalue weighted by Crippen LogP contribution is 2.41. The smallest absolute Gasteiger partial charge is 0.271 e. The first-order valence-corrected chi connectivity index (χ1v) is 10.4. The van der Waals surface area contributed by atoms with E-state index in [4.69, 9.17) is 0 Å². The molecule has 172 valence electrons. The number of benzene rings is 3. The number of amides is 1. The number of unbranched alkanes of at least 4 members (excludes halogenated alkanes) is 1. The van der Waals surface area contributed by atoms with Crippen LogP contribution in [0.1, 0.15) is 30.1 Å². The molecule has 0 aliphatic carbocycles. The Morgan fingerprint density at radius 1 is 1.09 bits per heavy atom. The highest BCUT2D eigenvalue weighted by Gasteiger charge is 2.23. The molecule has 3 aromatic rings. The van der Waals surface area contributed by atoms with Gasteiger partial charge in [-0.3, -0.25) is 14.9 Å². The van der Waals surface area contributed by atoms with Crippen LogP contribution in [-0.2, 0) is 0 Å². The maximum atomic E-state index is 13.2. The molecule has 0 bridgehead atoms. The van der Waals surface area contributed by atoms with Gasteiger partial charge in [0.1, 0.15) is 17.1 Å². The number of aromatic hydroxyl groups is 2. The fraction of sp³-hybridized carbons (Fsp3) is 0.261. The zero-order chi connectivity index (χ0) is 24.0. The third kappa shape index (κ3) is 5.24. The number of aliphatic hydroxyl groups excluding tert-OH is 1. The summed E-state index contributed by atoms with van der Waals surface area (Å²) in [5, 5.41) is 50.4. The lowest BCUT2D eigenvalue weighted by Gasteiger charge is -2.22. The molecule has 0 unspecified atom stereocenters. The van der Waals surface area contributed by atoms with Gasteiger partial charge in [0.2, 0.25) is 0 Å². The normalized spacial score (nSPS) is 11.2. The van der Waals surface area contributed by atoms with E-state index in [0.717, 1.165) is 31.0 Å². The van der Waals surface area contributed by atoms with Crippen LogP contribution in [-0.4, -0.2) is 50.7 Å². The predicted molar refractivity (Wildman–Crippen MR) is 122 cm³/mol. The van der Waals surface area contributed by atoms with Crippen LogP contribution in [0.4, 0.5) is 17.1 Å². The first kappa shape index (κ1) is 23.6. The lowest BCUT2D eigenvalue weighted by molar-refractivity contribution is -0.384. The van der Waals surface area contributed by atoms with Gasteiger partial charge in [-0.05, 0) is 23.9 Å². The molecule has 3 N–H and O–H groups in total. The van der Waals surface area contributed by atoms with Gasteiger partial charge in [0.15, 0.2) is 5.75 Å². The van der Waals surface area contributed by atoms with E-state index in [0.29, 0.717) is 17.3 Å². The van der Waals surface area contributed by atoms with Crippen molar-refractivity contribution in [1.82, 2.24) is 4.90 Å². The van der Waals surface area contributed by atoms with Crippen molar-refractivity contribution in [3.8, 4) is 11.5 Å². The molecule has 0 radical (unpaired) electrons. The number of nitro groups is 1. The number of nitro benzene ring substituents is 1. The minimum Gasteiger partial charge on any atom is -0.506 e. The Morgan fingerprint density at radius 2 is 1.85 bits per heavy atom. The highest BCUT2D eigenvalue weighted by atomic mass is 16.6. The monoisotopic (exact) mass is 452 g/mol. The van der Waals surface area contributed by atoms with Crippen molar-refractivity contribution in [3.63, 3.8) is 0 Å². The lowest BCUT2D eigenvalue weighted by atomic mass is 10.0. The SMILES string of the molecule is CCCCN(CCO)C(=O)c1cc2ccccc2c(N=Nc2cc([N+](=O)[O-])ccc2O)c1O. The van der Waals surface area contributed by atoms with Crippen molar-refractivity contribution in [2.24, 2.45) is 10.2 Å². The van der Waals surface area contributed by atoms with Gasteiger partial charge in [-0.25, -0.2) is 0 Å². The second kappa shape index (κ2) is 10.5. The summed E-state index contributed by atoms with van der Waals surface area (Å²) in [7, 11) is 0. The second-order valence-corrected chi connectivity index (χ2v) is 7.34. The minimum atomic E-state index is -0.628. The average molecular weight is 452 g/mol. The number of carbonyl (C=O) groups excluding carboxylic acids is 1. The van der Waals surface area contributed by atoms with E-state index in [1.807, 2.05) is 6.92 Å². The van der Waals surface area contributed by atoms with Gasteiger partial charge < -0.3 is 20.2 Å². The Balaban J connectivity index is 2.11. The first-order valence-electron chi connectivity index (χ1n) is 10.4. The molecule has 33 heavy (non-hydrogen) atoms. The number of non-ortho nitro benzene ring substituents is 1. The zero-order valence-electron chi connectivity index (χ0n) is 18.0. The number of phenolic OH excluding ortho intramolecular Hbond substituents is 2. The second-order valence-electron chi connectivity index (χ2n) is 7.34. The molecule has 3 rings (SSSR count). The van der Waals surface area contributed by atoms with E-state index in [1.54, 1.807) is 30.3 Å². The van der Waals surface area contributed by atoms with E-state index in [-0.39, 0.29) is 41.5 Å². The van der Waals surface area contributed by atoms with Gasteiger partial charge in [0.05, 0.1) is 17.1 Å². The van der Waals surface area contributed by atoms with Gasteiger partial charge in [-0.1, -0.05) is 37.6 Å². The van der Waals surface area contributed by atoms with Crippen molar-refractivity contribution in [2.45, 2.75) is 19.8 Å². The van der Waals surface area contributed by atoms with E-state index < -0.39 is 16.6 Å². The summed E-state index contributed by atoms with van der Waals surface area (Å²) < 4.78 is 0. The minimum absolute atomic E-state index is 0.00420. The number of hydrogen-bond acceptors (Lipinski definition) is 8. The summed E-state index contributed by atoms with van der Waals surface area (Å²) in [5.41, 5.74) is -0.457. The van der Waals surface area contributed by atoms with Crippen LogP contribution in [0.3, 0.4) is 0 Å². The van der Waals surface area contributed by atoms with Gasteiger partial charge >= 0.3 is 0 Å². The zero-order valence-corrected chi connectivity index (χ0v) is 18.0. The fourth-order valence-electron chi connectivity index (χ4n) is 3.35. The molecule has 0 aliphatic rings. The maximum absolute atomic E-state index is 13.2. The summed E-state index contributed by atoms with van der Waals surface area (Å²) in [6, 6.07) is 11.8. The molecule has 10 nitrogen and oxygen atoms in total. The third-order valence-electron chi connectivity index (χ3n) is 5.09. The molecular formula is C23H24N4O6. The Labute approximate surface area is 189 Å². The molecule has 0 spiro atoms. The van der Waals surface area contributed by atoms with Gasteiger partial charge in [-0.2, -0.15) is 0 Å². The molecule has 0 saturated carbocycles. The third-order valence-corrected chi connectivity index (χ3v) is 5.09. The molecule has 0 heterocycles. The van der Waals surface area contributed by atoms with Crippen LogP contribution in [0.15, 0.2) is 58.8 Å². The number of phenols is 2. The molecule has 0 atom stereocenters. The van der Waals surface area contributed by atoms with E-state index in [2.05, 4.69) is 10.2 Å². The molecule has 3 aromatic carbocycles. The average Bonchev–Trinajstić information content (AvgIpc) is 2.81. The van der Waals surface area contributed by atoms with Gasteiger partial charge in [-0.15, -0.1) is 10.2 Å². The van der Waals surface area contributed by atoms with E-state index >= 15 is 0 Å². The van der Waals surface area contributed by atoms with Gasteiger partial charge in [0.25, 0.3) is 11.6 Å². The molecule has 10 heteroatoms. The van der Waals surface area contributed by atoms with Crippen LogP contribution in [0.5, 0.6) is 11.5 Å². The Kier molecular flexibility index (Phi) is 7.52. The Hall–Kier alpha value is -4.05. The summed E-state index contributed by atoms with van der Waals surface area (Å²) in [4.78, 5) is 25.0. The summed E-state index contributed by atoms with van der Waals surface area (Å²) in [5.74, 6) is -1.20. The number of carbonyl (C=O) groups is 1. The number of azo groups is 1. The number of nitrogens with zero attached hydrogens (tertiary/aromatic N) is 4. The van der Waals surface area contributed by atoms with Crippen LogP contribution in [0, 0.1) is 10.1 Å². The maximum Gasteiger partial charge on any atom is 0.271 e. The Bertz CT molecular complexity index is 1210. The number of aliphatic hydroxyl groups is 1. The van der Waals surface area contributed by atoms with Crippen molar-refractivity contribution in [3.05, 3.63) is 64.2 Å². The highest BCUT2D eigenvalue weighted by molar-refractivity contribution is 6.06. The number of rotatable bonds is 9. The van der Waals surface area contributed by atoms with Crippen LogP contribution >= 0.6 is 0 Å². The fourth-order valence-corrected chi connectivity index (χ4v) is 3.35. The van der Waals surface area contributed by atoms with E-state index in [1.165, 1.54) is 4.90 Å². The molecule has 0 saturated heterocycles. The summed E-state index contributed by atoms with van der Waals surface area (Å²) in [6.07, 6.45) is 1.59. The molecular weight excluding hydrogens is 428 g/mol. The van der Waals surface area contributed by atoms with Crippen molar-refractivity contribution in [2.75, 3.05) is 19.7 Å².